The van der Waals surface area contributed by atoms with Gasteiger partial charge in [0.2, 0.25) is 0 Å². The van der Waals surface area contributed by atoms with Gasteiger partial charge in [0.25, 0.3) is 11.5 Å². The lowest BCUT2D eigenvalue weighted by Crippen LogP contribution is -2.23. The zero-order valence-corrected chi connectivity index (χ0v) is 17.6. The fourth-order valence-electron chi connectivity index (χ4n) is 3.73. The van der Waals surface area contributed by atoms with Crippen LogP contribution in [0, 0.1) is 6.92 Å². The second kappa shape index (κ2) is 7.07. The molecule has 30 heavy (non-hydrogen) atoms. The van der Waals surface area contributed by atoms with E-state index in [0.717, 1.165) is 27.0 Å². The summed E-state index contributed by atoms with van der Waals surface area (Å²) in [5, 5.41) is 3.40. The Balaban J connectivity index is 1.84. The molecule has 0 saturated heterocycles. The van der Waals surface area contributed by atoms with Crippen LogP contribution in [-0.2, 0) is 4.79 Å². The van der Waals surface area contributed by atoms with Crippen LogP contribution in [-0.4, -0.2) is 15.5 Å². The summed E-state index contributed by atoms with van der Waals surface area (Å²) in [7, 11) is 0. The van der Waals surface area contributed by atoms with E-state index in [2.05, 4.69) is 21.2 Å². The molecule has 1 N–H and O–H groups in total. The summed E-state index contributed by atoms with van der Waals surface area (Å²) < 4.78 is 2.44. The molecule has 146 valence electrons. The largest absolute Gasteiger partial charge is 0.321 e. The van der Waals surface area contributed by atoms with Crippen LogP contribution in [0.1, 0.15) is 17.0 Å². The molecule has 1 aliphatic rings. The number of hydrogen-bond acceptors (Lipinski definition) is 3. The van der Waals surface area contributed by atoms with E-state index in [9.17, 15) is 9.59 Å². The van der Waals surface area contributed by atoms with Gasteiger partial charge in [-0.15, -0.1) is 0 Å². The lowest BCUT2D eigenvalue weighted by atomic mass is 10.1. The number of anilines is 1. The molecule has 0 aliphatic carbocycles. The number of rotatable bonds is 2. The number of fused-ring (bicyclic) bond motifs is 2. The summed E-state index contributed by atoms with van der Waals surface area (Å²) in [6.07, 6.45) is 1.69. The fraction of sp³-hybridized carbons (Fsp3) is 0.0417. The van der Waals surface area contributed by atoms with Crippen molar-refractivity contribution in [2.75, 3.05) is 5.32 Å². The Hall–Kier alpha value is -3.51. The molecule has 0 unspecified atom stereocenters. The van der Waals surface area contributed by atoms with Crippen molar-refractivity contribution in [3.63, 3.8) is 0 Å². The SMILES string of the molecule is Cc1ccccc1-n1c(/C=C2/C(=O)Nc3ccc(Br)cc32)nc2ccccc2c1=O. The zero-order chi connectivity index (χ0) is 20.8. The number of carbonyl (C=O) groups excluding carboxylic acids is 1. The van der Waals surface area contributed by atoms with Gasteiger partial charge in [-0.05, 0) is 55.0 Å². The van der Waals surface area contributed by atoms with E-state index in [1.807, 2.05) is 61.5 Å². The molecule has 5 rings (SSSR count). The Morgan fingerprint density at radius 3 is 2.60 bits per heavy atom. The number of halogens is 1. The number of benzene rings is 3. The molecule has 6 heteroatoms. The van der Waals surface area contributed by atoms with E-state index >= 15 is 0 Å². The van der Waals surface area contributed by atoms with Crippen molar-refractivity contribution >= 4 is 50.1 Å². The van der Waals surface area contributed by atoms with Crippen molar-refractivity contribution in [2.45, 2.75) is 6.92 Å². The molecule has 1 aromatic heterocycles. The quantitative estimate of drug-likeness (QED) is 0.433. The molecule has 0 spiro atoms. The van der Waals surface area contributed by atoms with Gasteiger partial charge in [0.1, 0.15) is 5.82 Å². The average molecular weight is 458 g/mol. The molecule has 0 atom stereocenters. The van der Waals surface area contributed by atoms with Gasteiger partial charge in [0.15, 0.2) is 0 Å². The van der Waals surface area contributed by atoms with Crippen LogP contribution in [0.25, 0.3) is 28.2 Å². The second-order valence-electron chi connectivity index (χ2n) is 7.12. The maximum absolute atomic E-state index is 13.4. The van der Waals surface area contributed by atoms with Crippen LogP contribution in [0.5, 0.6) is 0 Å². The molecule has 0 fully saturated rings. The van der Waals surface area contributed by atoms with Crippen molar-refractivity contribution in [2.24, 2.45) is 0 Å². The minimum Gasteiger partial charge on any atom is -0.321 e. The molecule has 5 nitrogen and oxygen atoms in total. The molecular formula is C24H16BrN3O2. The van der Waals surface area contributed by atoms with Crippen molar-refractivity contribution in [1.29, 1.82) is 0 Å². The zero-order valence-electron chi connectivity index (χ0n) is 16.0. The number of amides is 1. The topological polar surface area (TPSA) is 64.0 Å². The van der Waals surface area contributed by atoms with Crippen molar-refractivity contribution in [1.82, 2.24) is 9.55 Å². The smallest absolute Gasteiger partial charge is 0.266 e. The summed E-state index contributed by atoms with van der Waals surface area (Å²) >= 11 is 3.47. The Labute approximate surface area is 180 Å². The minimum atomic E-state index is -0.221. The van der Waals surface area contributed by atoms with Gasteiger partial charge in [-0.2, -0.15) is 0 Å². The van der Waals surface area contributed by atoms with E-state index in [0.29, 0.717) is 22.3 Å². The van der Waals surface area contributed by atoms with Gasteiger partial charge in [0.05, 0.1) is 22.2 Å². The van der Waals surface area contributed by atoms with Crippen LogP contribution in [0.3, 0.4) is 0 Å². The second-order valence-corrected chi connectivity index (χ2v) is 8.03. The third-order valence-electron chi connectivity index (χ3n) is 5.20. The third-order valence-corrected chi connectivity index (χ3v) is 5.69. The van der Waals surface area contributed by atoms with Gasteiger partial charge < -0.3 is 5.32 Å². The first-order chi connectivity index (χ1) is 14.5. The molecule has 4 aromatic rings. The number of aryl methyl sites for hydroxylation is 1. The first-order valence-corrected chi connectivity index (χ1v) is 10.2. The number of nitrogens with one attached hydrogen (secondary N) is 1. The Bertz CT molecular complexity index is 1440. The lowest BCUT2D eigenvalue weighted by Gasteiger charge is -2.14. The first kappa shape index (κ1) is 18.5. The lowest BCUT2D eigenvalue weighted by molar-refractivity contribution is -0.110. The molecule has 1 amide bonds. The van der Waals surface area contributed by atoms with E-state index in [1.165, 1.54) is 0 Å². The van der Waals surface area contributed by atoms with Crippen LogP contribution in [0.2, 0.25) is 0 Å². The monoisotopic (exact) mass is 457 g/mol. The number of carbonyl (C=O) groups is 1. The molecule has 2 heterocycles. The highest BCUT2D eigenvalue weighted by Crippen LogP contribution is 2.35. The molecule has 3 aromatic carbocycles. The van der Waals surface area contributed by atoms with E-state index < -0.39 is 0 Å². The number of nitrogens with zero attached hydrogens (tertiary/aromatic N) is 2. The van der Waals surface area contributed by atoms with Crippen molar-refractivity contribution in [3.8, 4) is 5.69 Å². The van der Waals surface area contributed by atoms with Gasteiger partial charge in [0, 0.05) is 15.7 Å². The van der Waals surface area contributed by atoms with Gasteiger partial charge in [-0.1, -0.05) is 46.3 Å². The van der Waals surface area contributed by atoms with Crippen molar-refractivity contribution < 1.29 is 4.79 Å². The summed E-state index contributed by atoms with van der Waals surface area (Å²) in [5.41, 5.74) is 4.07. The molecule has 0 bridgehead atoms. The summed E-state index contributed by atoms with van der Waals surface area (Å²) in [6, 6.07) is 20.5. The van der Waals surface area contributed by atoms with Crippen LogP contribution >= 0.6 is 15.9 Å². The molecular weight excluding hydrogens is 442 g/mol. The summed E-state index contributed by atoms with van der Waals surface area (Å²) in [4.78, 5) is 30.9. The Morgan fingerprint density at radius 2 is 1.77 bits per heavy atom. The minimum absolute atomic E-state index is 0.172. The van der Waals surface area contributed by atoms with Crippen LogP contribution < -0.4 is 10.9 Å². The maximum Gasteiger partial charge on any atom is 0.266 e. The first-order valence-electron chi connectivity index (χ1n) is 9.44. The molecule has 1 aliphatic heterocycles. The molecule has 0 saturated carbocycles. The highest BCUT2D eigenvalue weighted by Gasteiger charge is 2.25. The van der Waals surface area contributed by atoms with Gasteiger partial charge >= 0.3 is 0 Å². The third kappa shape index (κ3) is 2.97. The van der Waals surface area contributed by atoms with E-state index in [4.69, 9.17) is 4.98 Å². The van der Waals surface area contributed by atoms with E-state index in [1.54, 1.807) is 22.8 Å². The number of hydrogen-bond donors (Lipinski definition) is 1. The Kier molecular flexibility index (Phi) is 4.37. The summed E-state index contributed by atoms with van der Waals surface area (Å²) in [6.45, 7) is 1.95. The maximum atomic E-state index is 13.4. The predicted molar refractivity (Wildman–Crippen MR) is 123 cm³/mol. The number of aromatic nitrogens is 2. The van der Waals surface area contributed by atoms with Gasteiger partial charge in [-0.3, -0.25) is 14.2 Å². The van der Waals surface area contributed by atoms with Gasteiger partial charge in [-0.25, -0.2) is 4.98 Å². The van der Waals surface area contributed by atoms with Crippen LogP contribution in [0.15, 0.2) is 76.0 Å². The van der Waals surface area contributed by atoms with Crippen molar-refractivity contribution in [3.05, 3.63) is 98.5 Å². The average Bonchev–Trinajstić information content (AvgIpc) is 3.04. The normalized spacial score (nSPS) is 14.2. The predicted octanol–water partition coefficient (Wildman–Crippen LogP) is 4.95. The standard InChI is InChI=1S/C24H16BrN3O2/c1-14-6-2-5-9-21(14)28-22(26-19-8-4-3-7-16(19)24(28)30)13-18-17-12-15(25)10-11-20(17)27-23(18)29/h2-13H,1H3,(H,27,29)/b18-13+. The van der Waals surface area contributed by atoms with E-state index in [-0.39, 0.29) is 11.5 Å². The highest BCUT2D eigenvalue weighted by atomic mass is 79.9. The number of para-hydroxylation sites is 2. The Morgan fingerprint density at radius 1 is 1.00 bits per heavy atom. The molecule has 0 radical (unpaired) electrons. The summed E-state index contributed by atoms with van der Waals surface area (Å²) in [5.74, 6) is 0.188. The van der Waals surface area contributed by atoms with Crippen LogP contribution in [0.4, 0.5) is 5.69 Å². The highest BCUT2D eigenvalue weighted by molar-refractivity contribution is 9.10. The fourth-order valence-corrected chi connectivity index (χ4v) is 4.09.